The van der Waals surface area contributed by atoms with Gasteiger partial charge in [0, 0.05) is 51.4 Å². The van der Waals surface area contributed by atoms with E-state index in [0.717, 1.165) is 57.3 Å². The summed E-state index contributed by atoms with van der Waals surface area (Å²) in [5.41, 5.74) is 0. The second kappa shape index (κ2) is 8.47. The first-order chi connectivity index (χ1) is 12.2. The quantitative estimate of drug-likeness (QED) is 0.833. The molecule has 0 spiro atoms. The number of anilines is 2. The zero-order chi connectivity index (χ0) is 17.6. The molecular weight excluding hydrogens is 316 g/mol. The van der Waals surface area contributed by atoms with Crippen molar-refractivity contribution in [3.8, 4) is 0 Å². The van der Waals surface area contributed by atoms with E-state index >= 15 is 0 Å². The molecular formula is C18H30N6O. The Labute approximate surface area is 150 Å². The molecule has 0 aromatic carbocycles. The third kappa shape index (κ3) is 4.81. The van der Waals surface area contributed by atoms with E-state index in [2.05, 4.69) is 43.0 Å². The molecule has 0 radical (unpaired) electrons. The summed E-state index contributed by atoms with van der Waals surface area (Å²) in [5, 5.41) is 3.04. The Morgan fingerprint density at radius 1 is 1.08 bits per heavy atom. The van der Waals surface area contributed by atoms with Gasteiger partial charge in [-0.05, 0) is 26.2 Å². The van der Waals surface area contributed by atoms with Crippen molar-refractivity contribution < 1.29 is 4.79 Å². The lowest BCUT2D eigenvalue weighted by molar-refractivity contribution is -0.122. The van der Waals surface area contributed by atoms with E-state index in [4.69, 9.17) is 0 Å². The minimum absolute atomic E-state index is 0.126. The minimum Gasteiger partial charge on any atom is -0.356 e. The Bertz CT molecular complexity index is 566. The normalized spacial score (nSPS) is 19.9. The molecule has 1 aromatic heterocycles. The predicted molar refractivity (Wildman–Crippen MR) is 100 cm³/mol. The lowest BCUT2D eigenvalue weighted by atomic mass is 10.2. The number of carbonyl (C=O) groups excluding carboxylic acids is 1. The van der Waals surface area contributed by atoms with Crippen LogP contribution in [0.15, 0.2) is 12.4 Å². The number of hydrogen-bond acceptors (Lipinski definition) is 6. The lowest BCUT2D eigenvalue weighted by Gasteiger charge is -2.35. The van der Waals surface area contributed by atoms with Gasteiger partial charge in [0.2, 0.25) is 5.91 Å². The standard InChI is InChI=1S/C18H30N6O/c1-3-15(2)21-18(25)13-22-8-10-24(11-9-22)17-12-16(19-14-20-17)23-6-4-5-7-23/h12,14-15H,3-11,13H2,1-2H3,(H,21,25). The molecule has 2 saturated heterocycles. The zero-order valence-corrected chi connectivity index (χ0v) is 15.4. The van der Waals surface area contributed by atoms with Crippen LogP contribution in [0.1, 0.15) is 33.1 Å². The van der Waals surface area contributed by atoms with E-state index in [0.29, 0.717) is 6.54 Å². The van der Waals surface area contributed by atoms with Crippen molar-refractivity contribution in [3.05, 3.63) is 12.4 Å². The van der Waals surface area contributed by atoms with Crippen LogP contribution in [-0.2, 0) is 4.79 Å². The van der Waals surface area contributed by atoms with Crippen LogP contribution in [0.25, 0.3) is 0 Å². The van der Waals surface area contributed by atoms with Gasteiger partial charge in [0.05, 0.1) is 6.54 Å². The Morgan fingerprint density at radius 2 is 1.68 bits per heavy atom. The molecule has 138 valence electrons. The Balaban J connectivity index is 1.50. The topological polar surface area (TPSA) is 64.6 Å². The molecule has 1 amide bonds. The third-order valence-corrected chi connectivity index (χ3v) is 5.15. The summed E-state index contributed by atoms with van der Waals surface area (Å²) < 4.78 is 0. The van der Waals surface area contributed by atoms with E-state index in [9.17, 15) is 4.79 Å². The van der Waals surface area contributed by atoms with E-state index < -0.39 is 0 Å². The number of amides is 1. The van der Waals surface area contributed by atoms with Gasteiger partial charge in [0.1, 0.15) is 18.0 Å². The maximum Gasteiger partial charge on any atom is 0.234 e. The maximum absolute atomic E-state index is 12.0. The summed E-state index contributed by atoms with van der Waals surface area (Å²) >= 11 is 0. The van der Waals surface area contributed by atoms with E-state index in [-0.39, 0.29) is 11.9 Å². The number of nitrogens with zero attached hydrogens (tertiary/aromatic N) is 5. The van der Waals surface area contributed by atoms with Crippen molar-refractivity contribution in [2.24, 2.45) is 0 Å². The molecule has 2 aliphatic heterocycles. The monoisotopic (exact) mass is 346 g/mol. The van der Waals surface area contributed by atoms with Crippen LogP contribution in [0, 0.1) is 0 Å². The highest BCUT2D eigenvalue weighted by Gasteiger charge is 2.21. The van der Waals surface area contributed by atoms with E-state index in [1.54, 1.807) is 6.33 Å². The molecule has 0 saturated carbocycles. The number of nitrogens with one attached hydrogen (secondary N) is 1. The first-order valence-corrected chi connectivity index (χ1v) is 9.49. The smallest absolute Gasteiger partial charge is 0.234 e. The Hall–Kier alpha value is -1.89. The molecule has 1 aromatic rings. The van der Waals surface area contributed by atoms with Gasteiger partial charge < -0.3 is 15.1 Å². The first-order valence-electron chi connectivity index (χ1n) is 9.49. The summed E-state index contributed by atoms with van der Waals surface area (Å²) in [6.07, 6.45) is 5.13. The summed E-state index contributed by atoms with van der Waals surface area (Å²) in [7, 11) is 0. The van der Waals surface area contributed by atoms with Crippen molar-refractivity contribution in [1.29, 1.82) is 0 Å². The highest BCUT2D eigenvalue weighted by atomic mass is 16.2. The average molecular weight is 346 g/mol. The molecule has 7 heteroatoms. The number of hydrogen-bond donors (Lipinski definition) is 1. The zero-order valence-electron chi connectivity index (χ0n) is 15.4. The molecule has 1 unspecified atom stereocenters. The van der Waals surface area contributed by atoms with Crippen molar-refractivity contribution in [2.75, 3.05) is 55.6 Å². The van der Waals surface area contributed by atoms with Gasteiger partial charge in [-0.15, -0.1) is 0 Å². The molecule has 25 heavy (non-hydrogen) atoms. The van der Waals surface area contributed by atoms with Gasteiger partial charge in [0.15, 0.2) is 0 Å². The fraction of sp³-hybridized carbons (Fsp3) is 0.722. The van der Waals surface area contributed by atoms with Crippen molar-refractivity contribution in [3.63, 3.8) is 0 Å². The van der Waals surface area contributed by atoms with E-state index in [1.807, 2.05) is 6.92 Å². The molecule has 3 rings (SSSR count). The fourth-order valence-corrected chi connectivity index (χ4v) is 3.39. The Kier molecular flexibility index (Phi) is 6.07. The van der Waals surface area contributed by atoms with Gasteiger partial charge in [0.25, 0.3) is 0 Å². The highest BCUT2D eigenvalue weighted by Crippen LogP contribution is 2.22. The largest absolute Gasteiger partial charge is 0.356 e. The molecule has 2 aliphatic rings. The fourth-order valence-electron chi connectivity index (χ4n) is 3.39. The molecule has 0 aliphatic carbocycles. The van der Waals surface area contributed by atoms with Gasteiger partial charge in [-0.3, -0.25) is 9.69 Å². The lowest BCUT2D eigenvalue weighted by Crippen LogP contribution is -2.50. The second-order valence-corrected chi connectivity index (χ2v) is 7.07. The third-order valence-electron chi connectivity index (χ3n) is 5.15. The number of aromatic nitrogens is 2. The summed E-state index contributed by atoms with van der Waals surface area (Å²) in [6.45, 7) is 10.4. The van der Waals surface area contributed by atoms with Crippen molar-refractivity contribution in [1.82, 2.24) is 20.2 Å². The summed E-state index contributed by atoms with van der Waals surface area (Å²) in [6, 6.07) is 2.36. The van der Waals surface area contributed by atoms with Crippen LogP contribution < -0.4 is 15.1 Å². The van der Waals surface area contributed by atoms with Gasteiger partial charge in [-0.2, -0.15) is 0 Å². The summed E-state index contributed by atoms with van der Waals surface area (Å²) in [4.78, 5) is 27.8. The van der Waals surface area contributed by atoms with Crippen molar-refractivity contribution >= 4 is 17.5 Å². The SMILES string of the molecule is CCC(C)NC(=O)CN1CCN(c2cc(N3CCCC3)ncn2)CC1. The number of carbonyl (C=O) groups is 1. The highest BCUT2D eigenvalue weighted by molar-refractivity contribution is 5.78. The molecule has 0 bridgehead atoms. The van der Waals surface area contributed by atoms with Gasteiger partial charge in [-0.1, -0.05) is 6.92 Å². The minimum atomic E-state index is 0.126. The Morgan fingerprint density at radius 3 is 2.28 bits per heavy atom. The first kappa shape index (κ1) is 17.9. The molecule has 1 atom stereocenters. The van der Waals surface area contributed by atoms with Crippen LogP contribution in [0.4, 0.5) is 11.6 Å². The number of rotatable bonds is 6. The maximum atomic E-state index is 12.0. The van der Waals surface area contributed by atoms with E-state index in [1.165, 1.54) is 12.8 Å². The second-order valence-electron chi connectivity index (χ2n) is 7.07. The predicted octanol–water partition coefficient (Wildman–Crippen LogP) is 1.11. The molecule has 7 nitrogen and oxygen atoms in total. The van der Waals surface area contributed by atoms with Crippen LogP contribution in [0.3, 0.4) is 0 Å². The van der Waals surface area contributed by atoms with Gasteiger partial charge in [-0.25, -0.2) is 9.97 Å². The van der Waals surface area contributed by atoms with Crippen LogP contribution in [-0.4, -0.2) is 72.6 Å². The number of piperazine rings is 1. The molecule has 1 N–H and O–H groups in total. The van der Waals surface area contributed by atoms with Crippen molar-refractivity contribution in [2.45, 2.75) is 39.2 Å². The molecule has 2 fully saturated rings. The average Bonchev–Trinajstić information content (AvgIpc) is 3.17. The van der Waals surface area contributed by atoms with Crippen LogP contribution in [0.5, 0.6) is 0 Å². The molecule has 3 heterocycles. The van der Waals surface area contributed by atoms with Crippen LogP contribution in [0.2, 0.25) is 0 Å². The van der Waals surface area contributed by atoms with Crippen LogP contribution >= 0.6 is 0 Å². The summed E-state index contributed by atoms with van der Waals surface area (Å²) in [5.74, 6) is 2.17. The van der Waals surface area contributed by atoms with Gasteiger partial charge >= 0.3 is 0 Å².